The van der Waals surface area contributed by atoms with E-state index < -0.39 is 23.9 Å². The monoisotopic (exact) mass is 123 g/mol. The zero-order chi connectivity index (χ0) is 9.30. The summed E-state index contributed by atoms with van der Waals surface area (Å²) in [6, 6.07) is 1.76. The van der Waals surface area contributed by atoms with E-state index in [1.54, 1.807) is 0 Å². The van der Waals surface area contributed by atoms with E-state index in [4.69, 9.17) is 9.37 Å². The molecule has 0 saturated carbocycles. The summed E-state index contributed by atoms with van der Waals surface area (Å²) in [6.45, 7) is 0. The largest absolute Gasteiger partial charge is 0.207 e. The molecule has 43 valence electrons. The number of nitriles is 1. The molecule has 0 atom stereocenters. The van der Waals surface area contributed by atoms with Gasteiger partial charge in [0, 0.05) is 0 Å². The maximum Gasteiger partial charge on any atom is 0.125 e. The third-order valence-corrected chi connectivity index (χ3v) is 0.706. The molecule has 0 aliphatic heterocycles. The van der Waals surface area contributed by atoms with E-state index in [-0.39, 0.29) is 5.56 Å². The van der Waals surface area contributed by atoms with Crippen LogP contribution in [0.25, 0.3) is 0 Å². The lowest BCUT2D eigenvalue weighted by molar-refractivity contribution is 0.627. The first-order chi connectivity index (χ1) is 5.57. The molecule has 0 fully saturated rings. The SMILES string of the molecule is [2H]c1[c]c([2H])c(C#N)c([2H])c1F. The van der Waals surface area contributed by atoms with Crippen LogP contribution in [0.5, 0.6) is 0 Å². The number of hydrogen-bond acceptors (Lipinski definition) is 1. The van der Waals surface area contributed by atoms with Gasteiger partial charge in [0.05, 0.1) is 15.7 Å². The van der Waals surface area contributed by atoms with Gasteiger partial charge in [0.1, 0.15) is 5.82 Å². The molecule has 0 bridgehead atoms. The van der Waals surface area contributed by atoms with E-state index in [2.05, 4.69) is 0 Å². The molecule has 1 radical (unpaired) electrons. The third-order valence-electron chi connectivity index (χ3n) is 0.706. The summed E-state index contributed by atoms with van der Waals surface area (Å²) in [5.41, 5.74) is -0.386. The van der Waals surface area contributed by atoms with Gasteiger partial charge in [-0.1, -0.05) is 0 Å². The summed E-state index contributed by atoms with van der Waals surface area (Å²) in [5.74, 6) is -1.11. The molecule has 0 spiro atoms. The van der Waals surface area contributed by atoms with Gasteiger partial charge in [-0.05, 0) is 24.2 Å². The van der Waals surface area contributed by atoms with Crippen molar-refractivity contribution >= 4 is 0 Å². The lowest BCUT2D eigenvalue weighted by atomic mass is 10.2. The first kappa shape index (κ1) is 2.98. The Morgan fingerprint density at radius 2 is 2.56 bits per heavy atom. The molecule has 1 aromatic rings. The van der Waals surface area contributed by atoms with Crippen LogP contribution < -0.4 is 0 Å². The molecule has 0 saturated heterocycles. The van der Waals surface area contributed by atoms with Gasteiger partial charge >= 0.3 is 0 Å². The van der Waals surface area contributed by atoms with E-state index in [1.807, 2.05) is 6.07 Å². The van der Waals surface area contributed by atoms with Crippen LogP contribution in [0.3, 0.4) is 0 Å². The minimum atomic E-state index is -1.11. The predicted molar refractivity (Wildman–Crippen MR) is 30.0 cm³/mol. The maximum atomic E-state index is 12.7. The second kappa shape index (κ2) is 2.27. The topological polar surface area (TPSA) is 23.8 Å². The number of rotatable bonds is 0. The molecule has 1 aromatic carbocycles. The molecule has 0 amide bonds. The minimum absolute atomic E-state index is 0.386. The smallest absolute Gasteiger partial charge is 0.125 e. The fourth-order valence-corrected chi connectivity index (χ4v) is 0.377. The van der Waals surface area contributed by atoms with Gasteiger partial charge in [-0.2, -0.15) is 5.26 Å². The Labute approximate surface area is 56.6 Å². The lowest BCUT2D eigenvalue weighted by Crippen LogP contribution is -1.75. The van der Waals surface area contributed by atoms with Gasteiger partial charge < -0.3 is 0 Å². The molecule has 1 nitrogen and oxygen atoms in total. The van der Waals surface area contributed by atoms with Gasteiger partial charge in [0.25, 0.3) is 0 Å². The molecule has 0 aromatic heterocycles. The van der Waals surface area contributed by atoms with Crippen molar-refractivity contribution in [1.82, 2.24) is 0 Å². The van der Waals surface area contributed by atoms with E-state index in [0.29, 0.717) is 0 Å². The summed E-state index contributed by atoms with van der Waals surface area (Å²) >= 11 is 0. The van der Waals surface area contributed by atoms with E-state index in [9.17, 15) is 4.39 Å². The van der Waals surface area contributed by atoms with E-state index in [0.717, 1.165) is 0 Å². The zero-order valence-corrected chi connectivity index (χ0v) is 4.33. The maximum absolute atomic E-state index is 12.7. The first-order valence-corrected chi connectivity index (χ1v) is 2.16. The number of halogens is 1. The molecule has 0 unspecified atom stereocenters. The highest BCUT2D eigenvalue weighted by atomic mass is 19.1. The van der Waals surface area contributed by atoms with Crippen molar-refractivity contribution in [1.29, 1.82) is 5.26 Å². The average molecular weight is 123 g/mol. The van der Waals surface area contributed by atoms with Crippen LogP contribution in [0.1, 0.15) is 9.68 Å². The summed E-state index contributed by atoms with van der Waals surface area (Å²) in [6.07, 6.45) is 0. The van der Waals surface area contributed by atoms with Gasteiger partial charge in [-0.3, -0.25) is 0 Å². The fourth-order valence-electron chi connectivity index (χ4n) is 0.377. The summed E-state index contributed by atoms with van der Waals surface area (Å²) < 4.78 is 33.7. The average Bonchev–Trinajstić information content (AvgIpc) is 2.01. The van der Waals surface area contributed by atoms with Crippen LogP contribution in [-0.4, -0.2) is 0 Å². The van der Waals surface area contributed by atoms with E-state index >= 15 is 0 Å². The minimum Gasteiger partial charge on any atom is -0.207 e. The van der Waals surface area contributed by atoms with Crippen LogP contribution in [0.4, 0.5) is 4.39 Å². The summed E-state index contributed by atoms with van der Waals surface area (Å²) in [4.78, 5) is 0. The van der Waals surface area contributed by atoms with Crippen molar-refractivity contribution in [2.45, 2.75) is 0 Å². The quantitative estimate of drug-likeness (QED) is 0.512. The van der Waals surface area contributed by atoms with Crippen LogP contribution in [0.2, 0.25) is 0 Å². The third kappa shape index (κ3) is 1.26. The van der Waals surface area contributed by atoms with Crippen molar-refractivity contribution in [2.75, 3.05) is 0 Å². The molecular formula is C7H3FN. The molecule has 0 heterocycles. The lowest BCUT2D eigenvalue weighted by Gasteiger charge is -1.84. The summed E-state index contributed by atoms with van der Waals surface area (Å²) in [7, 11) is 0. The van der Waals surface area contributed by atoms with Crippen LogP contribution >= 0.6 is 0 Å². The predicted octanol–water partition coefficient (Wildman–Crippen LogP) is 1.50. The molecule has 0 N–H and O–H groups in total. The van der Waals surface area contributed by atoms with Crippen molar-refractivity contribution in [3.05, 3.63) is 35.6 Å². The second-order valence-electron chi connectivity index (χ2n) is 1.30. The van der Waals surface area contributed by atoms with Gasteiger partial charge in [0.15, 0.2) is 0 Å². The summed E-state index contributed by atoms with van der Waals surface area (Å²) in [5, 5.41) is 8.38. The highest BCUT2D eigenvalue weighted by Gasteiger charge is 1.89. The van der Waals surface area contributed by atoms with Crippen LogP contribution in [-0.2, 0) is 0 Å². The molecule has 0 aliphatic carbocycles. The van der Waals surface area contributed by atoms with Gasteiger partial charge in [-0.15, -0.1) is 0 Å². The van der Waals surface area contributed by atoms with Crippen LogP contribution in [0.15, 0.2) is 18.1 Å². The first-order valence-electron chi connectivity index (χ1n) is 3.66. The highest BCUT2D eigenvalue weighted by Crippen LogP contribution is 1.99. The number of benzene rings is 1. The van der Waals surface area contributed by atoms with Crippen molar-refractivity contribution < 1.29 is 8.50 Å². The Hall–Kier alpha value is -1.36. The van der Waals surface area contributed by atoms with E-state index in [1.165, 1.54) is 6.07 Å². The van der Waals surface area contributed by atoms with Crippen molar-refractivity contribution in [3.8, 4) is 6.07 Å². The normalized spacial score (nSPS) is 13.1. The molecule has 9 heavy (non-hydrogen) atoms. The number of hydrogen-bond donors (Lipinski definition) is 0. The zero-order valence-electron chi connectivity index (χ0n) is 7.33. The Bertz CT molecular complexity index is 370. The molecule has 0 aliphatic rings. The van der Waals surface area contributed by atoms with Gasteiger partial charge in [0.2, 0.25) is 0 Å². The Morgan fingerprint density at radius 3 is 3.22 bits per heavy atom. The Morgan fingerprint density at radius 1 is 1.78 bits per heavy atom. The van der Waals surface area contributed by atoms with Crippen molar-refractivity contribution in [3.63, 3.8) is 0 Å². The van der Waals surface area contributed by atoms with Crippen LogP contribution in [0, 0.1) is 23.2 Å². The second-order valence-corrected chi connectivity index (χ2v) is 1.30. The Kier molecular flexibility index (Phi) is 0.751. The molecule has 1 rings (SSSR count). The molecule has 2 heteroatoms. The standard InChI is InChI=1S/C7H3FN/c8-7-3-1-2-6(4-7)5-9/h2-4H/i2D,3D,4D. The van der Waals surface area contributed by atoms with Gasteiger partial charge in [-0.25, -0.2) is 4.39 Å². The number of nitrogens with zero attached hydrogens (tertiary/aromatic N) is 1. The van der Waals surface area contributed by atoms with Crippen molar-refractivity contribution in [2.24, 2.45) is 0 Å². The Balaban J connectivity index is 3.54. The highest BCUT2D eigenvalue weighted by molar-refractivity contribution is 5.27. The fraction of sp³-hybridized carbons (Fsp3) is 0. The molecular weight excluding hydrogens is 117 g/mol.